The second-order valence-corrected chi connectivity index (χ2v) is 5.15. The maximum atomic E-state index is 11.4. The summed E-state index contributed by atoms with van der Waals surface area (Å²) < 4.78 is 1.30. The Morgan fingerprint density at radius 2 is 2.10 bits per heavy atom. The van der Waals surface area contributed by atoms with Crippen molar-refractivity contribution in [2.75, 3.05) is 0 Å². The molecule has 2 aromatic heterocycles. The molecule has 1 aromatic carbocycles. The normalized spacial score (nSPS) is 10.9. The van der Waals surface area contributed by atoms with Gasteiger partial charge in [-0.05, 0) is 17.8 Å². The fourth-order valence-corrected chi connectivity index (χ4v) is 2.79. The standard InChI is InChI=1S/C12H9N5O3S/c1-17-11(20)15-16-12(17)21-9-6-4-2-3-5-7(6)13-14-8(9)10(18)19/h2-5H,1H3,(H,15,20)(H,18,19). The average Bonchev–Trinajstić information content (AvgIpc) is 2.79. The number of aromatic nitrogens is 5. The Balaban J connectivity index is 2.23. The Morgan fingerprint density at radius 1 is 1.33 bits per heavy atom. The van der Waals surface area contributed by atoms with Crippen LogP contribution in [0.15, 0.2) is 39.1 Å². The van der Waals surface area contributed by atoms with Crippen molar-refractivity contribution in [3.63, 3.8) is 0 Å². The Kier molecular flexibility index (Phi) is 3.18. The molecule has 0 bridgehead atoms. The summed E-state index contributed by atoms with van der Waals surface area (Å²) in [5.74, 6) is -1.18. The predicted octanol–water partition coefficient (Wildman–Crippen LogP) is 0.901. The summed E-state index contributed by atoms with van der Waals surface area (Å²) in [4.78, 5) is 23.1. The van der Waals surface area contributed by atoms with Gasteiger partial charge in [0.2, 0.25) is 0 Å². The van der Waals surface area contributed by atoms with Gasteiger partial charge < -0.3 is 5.11 Å². The lowest BCUT2D eigenvalue weighted by molar-refractivity contribution is 0.0685. The van der Waals surface area contributed by atoms with E-state index in [1.54, 1.807) is 31.3 Å². The molecule has 0 saturated heterocycles. The molecule has 0 amide bonds. The molecule has 0 fully saturated rings. The number of nitrogens with zero attached hydrogens (tertiary/aromatic N) is 4. The van der Waals surface area contributed by atoms with Gasteiger partial charge in [0.05, 0.1) is 10.4 Å². The number of H-pyrrole nitrogens is 1. The van der Waals surface area contributed by atoms with Gasteiger partial charge in [-0.25, -0.2) is 14.7 Å². The van der Waals surface area contributed by atoms with Crippen LogP contribution in [0.4, 0.5) is 0 Å². The highest BCUT2D eigenvalue weighted by Gasteiger charge is 2.19. The van der Waals surface area contributed by atoms with Gasteiger partial charge in [-0.3, -0.25) is 4.57 Å². The summed E-state index contributed by atoms with van der Waals surface area (Å²) in [6, 6.07) is 7.06. The van der Waals surface area contributed by atoms with E-state index in [4.69, 9.17) is 0 Å². The second-order valence-electron chi connectivity index (χ2n) is 4.17. The first-order valence-corrected chi connectivity index (χ1v) is 6.67. The van der Waals surface area contributed by atoms with Crippen molar-refractivity contribution in [2.45, 2.75) is 10.1 Å². The van der Waals surface area contributed by atoms with E-state index >= 15 is 0 Å². The Labute approximate surface area is 121 Å². The minimum absolute atomic E-state index is 0.172. The third-order valence-corrected chi connectivity index (χ3v) is 4.02. The van der Waals surface area contributed by atoms with Crippen LogP contribution in [0.1, 0.15) is 10.5 Å². The number of nitrogens with one attached hydrogen (secondary N) is 1. The first-order chi connectivity index (χ1) is 10.1. The van der Waals surface area contributed by atoms with E-state index < -0.39 is 5.97 Å². The lowest BCUT2D eigenvalue weighted by atomic mass is 10.2. The molecule has 3 aromatic rings. The van der Waals surface area contributed by atoms with Gasteiger partial charge in [0.25, 0.3) is 0 Å². The van der Waals surface area contributed by atoms with Crippen LogP contribution in [0.5, 0.6) is 0 Å². The first-order valence-electron chi connectivity index (χ1n) is 5.86. The van der Waals surface area contributed by atoms with Gasteiger partial charge >= 0.3 is 11.7 Å². The Hall–Kier alpha value is -2.68. The molecule has 9 heteroatoms. The Bertz CT molecular complexity index is 901. The smallest absolute Gasteiger partial charge is 0.357 e. The lowest BCUT2D eigenvalue weighted by Crippen LogP contribution is -2.13. The van der Waals surface area contributed by atoms with Crippen molar-refractivity contribution in [1.82, 2.24) is 25.0 Å². The summed E-state index contributed by atoms with van der Waals surface area (Å²) in [7, 11) is 1.55. The number of carboxylic acids is 1. The van der Waals surface area contributed by atoms with Gasteiger partial charge in [-0.2, -0.15) is 0 Å². The molecule has 0 unspecified atom stereocenters. The van der Waals surface area contributed by atoms with Gasteiger partial charge in [0.15, 0.2) is 10.9 Å². The van der Waals surface area contributed by atoms with E-state index in [1.165, 1.54) is 4.57 Å². The molecule has 2 heterocycles. The largest absolute Gasteiger partial charge is 0.476 e. The quantitative estimate of drug-likeness (QED) is 0.738. The van der Waals surface area contributed by atoms with Crippen LogP contribution in [0.2, 0.25) is 0 Å². The number of carboxylic acid groups (broad SMARTS) is 1. The molecule has 106 valence electrons. The number of fused-ring (bicyclic) bond motifs is 1. The zero-order valence-corrected chi connectivity index (χ0v) is 11.6. The van der Waals surface area contributed by atoms with Gasteiger partial charge in [0.1, 0.15) is 0 Å². The predicted molar refractivity (Wildman–Crippen MR) is 74.4 cm³/mol. The van der Waals surface area contributed by atoms with E-state index in [-0.39, 0.29) is 11.4 Å². The SMILES string of the molecule is Cn1c(Sc2c(C(=O)O)nnc3ccccc23)n[nH]c1=O. The van der Waals surface area contributed by atoms with E-state index in [1.807, 2.05) is 0 Å². The van der Waals surface area contributed by atoms with Crippen molar-refractivity contribution in [3.05, 3.63) is 40.4 Å². The molecule has 21 heavy (non-hydrogen) atoms. The number of aromatic amines is 1. The van der Waals surface area contributed by atoms with Crippen LogP contribution in [0, 0.1) is 0 Å². The summed E-state index contributed by atoms with van der Waals surface area (Å²) >= 11 is 1.06. The number of hydrogen-bond acceptors (Lipinski definition) is 6. The molecule has 2 N–H and O–H groups in total. The zero-order valence-electron chi connectivity index (χ0n) is 10.8. The molecule has 0 atom stereocenters. The van der Waals surface area contributed by atoms with E-state index in [0.29, 0.717) is 21.0 Å². The topological polar surface area (TPSA) is 114 Å². The summed E-state index contributed by atoms with van der Waals surface area (Å²) in [6.07, 6.45) is 0. The van der Waals surface area contributed by atoms with Crippen molar-refractivity contribution in [1.29, 1.82) is 0 Å². The van der Waals surface area contributed by atoms with Crippen LogP contribution in [-0.4, -0.2) is 36.0 Å². The molecule has 0 radical (unpaired) electrons. The van der Waals surface area contributed by atoms with Crippen molar-refractivity contribution < 1.29 is 9.90 Å². The number of hydrogen-bond donors (Lipinski definition) is 2. The number of carbonyl (C=O) groups is 1. The average molecular weight is 303 g/mol. The number of aromatic carboxylic acids is 1. The van der Waals surface area contributed by atoms with Crippen molar-refractivity contribution >= 4 is 28.6 Å². The van der Waals surface area contributed by atoms with Gasteiger partial charge in [-0.1, -0.05) is 18.2 Å². The molecule has 0 spiro atoms. The maximum Gasteiger partial charge on any atom is 0.357 e. The molecular weight excluding hydrogens is 294 g/mol. The van der Waals surface area contributed by atoms with Gasteiger partial charge in [-0.15, -0.1) is 15.3 Å². The van der Waals surface area contributed by atoms with Crippen LogP contribution >= 0.6 is 11.8 Å². The van der Waals surface area contributed by atoms with E-state index in [2.05, 4.69) is 20.4 Å². The molecule has 3 rings (SSSR count). The van der Waals surface area contributed by atoms with Crippen LogP contribution in [-0.2, 0) is 7.05 Å². The summed E-state index contributed by atoms with van der Waals surface area (Å²) in [6.45, 7) is 0. The maximum absolute atomic E-state index is 11.4. The van der Waals surface area contributed by atoms with Crippen molar-refractivity contribution in [2.24, 2.45) is 7.05 Å². The highest BCUT2D eigenvalue weighted by molar-refractivity contribution is 7.99. The van der Waals surface area contributed by atoms with Crippen LogP contribution in [0.25, 0.3) is 10.9 Å². The second kappa shape index (κ2) is 5.02. The van der Waals surface area contributed by atoms with E-state index in [9.17, 15) is 14.7 Å². The molecule has 0 saturated carbocycles. The van der Waals surface area contributed by atoms with Crippen molar-refractivity contribution in [3.8, 4) is 0 Å². The van der Waals surface area contributed by atoms with Gasteiger partial charge in [0, 0.05) is 12.4 Å². The third-order valence-electron chi connectivity index (χ3n) is 2.86. The molecule has 0 aliphatic carbocycles. The number of benzene rings is 1. The molecule has 0 aliphatic rings. The lowest BCUT2D eigenvalue weighted by Gasteiger charge is -2.07. The summed E-state index contributed by atoms with van der Waals surface area (Å²) in [5, 5.41) is 24.1. The Morgan fingerprint density at radius 3 is 2.76 bits per heavy atom. The number of rotatable bonds is 3. The molecule has 8 nitrogen and oxygen atoms in total. The summed E-state index contributed by atoms with van der Waals surface area (Å²) in [5.41, 5.74) is 0.0281. The first kappa shape index (κ1) is 13.3. The molecule has 0 aliphatic heterocycles. The third kappa shape index (κ3) is 2.27. The minimum atomic E-state index is -1.18. The zero-order chi connectivity index (χ0) is 15.0. The fourth-order valence-electron chi connectivity index (χ4n) is 1.79. The molecular formula is C12H9N5O3S. The monoisotopic (exact) mass is 303 g/mol. The highest BCUT2D eigenvalue weighted by Crippen LogP contribution is 2.33. The van der Waals surface area contributed by atoms with E-state index in [0.717, 1.165) is 11.8 Å². The van der Waals surface area contributed by atoms with Crippen LogP contribution in [0.3, 0.4) is 0 Å². The fraction of sp³-hybridized carbons (Fsp3) is 0.0833. The van der Waals surface area contributed by atoms with Crippen LogP contribution < -0.4 is 5.69 Å². The highest BCUT2D eigenvalue weighted by atomic mass is 32.2. The minimum Gasteiger partial charge on any atom is -0.476 e.